The number of imidazole rings is 1. The number of likely N-dealkylation sites (N-methyl/N-ethyl adjacent to an activating group) is 1. The van der Waals surface area contributed by atoms with Gasteiger partial charge in [-0.2, -0.15) is 0 Å². The van der Waals surface area contributed by atoms with Gasteiger partial charge in [-0.3, -0.25) is 4.90 Å². The van der Waals surface area contributed by atoms with Gasteiger partial charge in [0.2, 0.25) is 0 Å². The molecule has 0 fully saturated rings. The van der Waals surface area contributed by atoms with E-state index in [2.05, 4.69) is 34.0 Å². The molecule has 2 N–H and O–H groups in total. The summed E-state index contributed by atoms with van der Waals surface area (Å²) >= 11 is 0. The first-order chi connectivity index (χ1) is 12.6. The van der Waals surface area contributed by atoms with Crippen molar-refractivity contribution in [2.75, 3.05) is 27.8 Å². The molecule has 6 nitrogen and oxygen atoms in total. The molecule has 136 valence electrons. The number of ether oxygens (including phenoxy) is 2. The Hall–Kier alpha value is -2.73. The number of benzene rings is 2. The first kappa shape index (κ1) is 16.7. The zero-order chi connectivity index (χ0) is 18.3. The number of methoxy groups -OCH3 is 2. The van der Waals surface area contributed by atoms with Gasteiger partial charge in [-0.25, -0.2) is 4.79 Å². The lowest BCUT2D eigenvalue weighted by atomic mass is 9.88. The summed E-state index contributed by atoms with van der Waals surface area (Å²) in [6, 6.07) is 10.3. The van der Waals surface area contributed by atoms with Crippen molar-refractivity contribution in [3.05, 3.63) is 57.5 Å². The second-order valence-electron chi connectivity index (χ2n) is 6.80. The molecule has 1 atom stereocenters. The number of nitrogens with one attached hydrogen (secondary N) is 2. The molecule has 0 saturated heterocycles. The van der Waals surface area contributed by atoms with Crippen LogP contribution in [0.3, 0.4) is 0 Å². The number of hydrogen-bond acceptors (Lipinski definition) is 4. The summed E-state index contributed by atoms with van der Waals surface area (Å²) in [4.78, 5) is 19.7. The van der Waals surface area contributed by atoms with Crippen molar-refractivity contribution in [1.29, 1.82) is 0 Å². The molecular formula is C20H23N3O3. The van der Waals surface area contributed by atoms with Crippen LogP contribution in [-0.4, -0.2) is 42.7 Å². The Balaban J connectivity index is 1.78. The highest BCUT2D eigenvalue weighted by atomic mass is 16.5. The average Bonchev–Trinajstić information content (AvgIpc) is 3.01. The van der Waals surface area contributed by atoms with Crippen LogP contribution in [-0.2, 0) is 12.8 Å². The summed E-state index contributed by atoms with van der Waals surface area (Å²) in [6.07, 6.45) is 1.78. The van der Waals surface area contributed by atoms with Gasteiger partial charge in [0, 0.05) is 12.6 Å². The monoisotopic (exact) mass is 353 g/mol. The number of hydrogen-bond donors (Lipinski definition) is 2. The molecule has 1 aliphatic rings. The van der Waals surface area contributed by atoms with Crippen LogP contribution in [0, 0.1) is 0 Å². The first-order valence-electron chi connectivity index (χ1n) is 8.75. The number of nitrogens with zero attached hydrogens (tertiary/aromatic N) is 1. The Morgan fingerprint density at radius 2 is 1.88 bits per heavy atom. The quantitative estimate of drug-likeness (QED) is 0.756. The summed E-state index contributed by atoms with van der Waals surface area (Å²) < 4.78 is 10.9. The minimum absolute atomic E-state index is 0.165. The predicted molar refractivity (Wildman–Crippen MR) is 101 cm³/mol. The summed E-state index contributed by atoms with van der Waals surface area (Å²) in [5, 5.41) is 0. The van der Waals surface area contributed by atoms with E-state index in [0.29, 0.717) is 0 Å². The van der Waals surface area contributed by atoms with E-state index in [1.54, 1.807) is 14.2 Å². The second kappa shape index (κ2) is 6.53. The lowest BCUT2D eigenvalue weighted by molar-refractivity contribution is 0.228. The van der Waals surface area contributed by atoms with Gasteiger partial charge in [0.05, 0.1) is 25.3 Å². The summed E-state index contributed by atoms with van der Waals surface area (Å²) in [5.74, 6) is 1.69. The molecule has 2 aromatic carbocycles. The Labute approximate surface area is 151 Å². The maximum Gasteiger partial charge on any atom is 0.323 e. The van der Waals surface area contributed by atoms with Crippen LogP contribution < -0.4 is 15.2 Å². The number of H-pyrrole nitrogens is 2. The average molecular weight is 353 g/mol. The molecule has 3 aromatic rings. The van der Waals surface area contributed by atoms with Gasteiger partial charge >= 0.3 is 5.69 Å². The third kappa shape index (κ3) is 2.86. The van der Waals surface area contributed by atoms with E-state index in [0.717, 1.165) is 47.5 Å². The molecule has 1 aromatic heterocycles. The third-order valence-corrected chi connectivity index (χ3v) is 5.30. The smallest absolute Gasteiger partial charge is 0.323 e. The minimum atomic E-state index is -0.165. The van der Waals surface area contributed by atoms with Gasteiger partial charge in [-0.05, 0) is 66.9 Å². The van der Waals surface area contributed by atoms with E-state index < -0.39 is 0 Å². The molecule has 6 heteroatoms. The van der Waals surface area contributed by atoms with Crippen LogP contribution in [0.25, 0.3) is 11.0 Å². The van der Waals surface area contributed by atoms with Crippen molar-refractivity contribution in [2.45, 2.75) is 18.9 Å². The molecule has 2 heterocycles. The zero-order valence-corrected chi connectivity index (χ0v) is 15.3. The Morgan fingerprint density at radius 1 is 1.12 bits per heavy atom. The summed E-state index contributed by atoms with van der Waals surface area (Å²) in [7, 11) is 5.51. The van der Waals surface area contributed by atoms with E-state index in [4.69, 9.17) is 9.47 Å². The number of rotatable bonds is 4. The highest BCUT2D eigenvalue weighted by Crippen LogP contribution is 2.36. The molecule has 1 aliphatic heterocycles. The van der Waals surface area contributed by atoms with Crippen LogP contribution in [0.2, 0.25) is 0 Å². The number of aromatic nitrogens is 2. The molecule has 1 unspecified atom stereocenters. The van der Waals surface area contributed by atoms with E-state index in [1.807, 2.05) is 18.2 Å². The molecule has 0 aliphatic carbocycles. The van der Waals surface area contributed by atoms with Crippen molar-refractivity contribution in [3.8, 4) is 11.5 Å². The molecule has 26 heavy (non-hydrogen) atoms. The fraction of sp³-hybridized carbons (Fsp3) is 0.350. The molecule has 0 saturated carbocycles. The fourth-order valence-electron chi connectivity index (χ4n) is 3.88. The molecule has 0 bridgehead atoms. The van der Waals surface area contributed by atoms with Gasteiger partial charge in [0.1, 0.15) is 11.5 Å². The standard InChI is InChI=1S/C20H23N3O3/c1-23-7-6-12-9-16-17(22-20(24)21-16)11-15(12)18(23)10-13-8-14(25-2)4-5-19(13)26-3/h4-5,8-9,11,18H,6-7,10H2,1-3H3,(H2,21,22,24). The van der Waals surface area contributed by atoms with Crippen LogP contribution in [0.1, 0.15) is 22.7 Å². The molecular weight excluding hydrogens is 330 g/mol. The van der Waals surface area contributed by atoms with Gasteiger partial charge < -0.3 is 19.4 Å². The van der Waals surface area contributed by atoms with E-state index >= 15 is 0 Å². The topological polar surface area (TPSA) is 70.3 Å². The second-order valence-corrected chi connectivity index (χ2v) is 6.80. The predicted octanol–water partition coefficient (Wildman–Crippen LogP) is 2.65. The Morgan fingerprint density at radius 3 is 2.62 bits per heavy atom. The van der Waals surface area contributed by atoms with Crippen molar-refractivity contribution in [1.82, 2.24) is 14.9 Å². The van der Waals surface area contributed by atoms with Crippen molar-refractivity contribution in [3.63, 3.8) is 0 Å². The van der Waals surface area contributed by atoms with E-state index in [-0.39, 0.29) is 11.7 Å². The normalized spacial score (nSPS) is 17.3. The third-order valence-electron chi connectivity index (χ3n) is 5.30. The summed E-state index contributed by atoms with van der Waals surface area (Å²) in [5.41, 5.74) is 5.22. The maximum atomic E-state index is 11.6. The summed E-state index contributed by atoms with van der Waals surface area (Å²) in [6.45, 7) is 0.976. The van der Waals surface area contributed by atoms with Crippen molar-refractivity contribution in [2.24, 2.45) is 0 Å². The van der Waals surface area contributed by atoms with Gasteiger partial charge in [-0.15, -0.1) is 0 Å². The SMILES string of the molecule is COc1ccc(OC)c(CC2c3cc4[nH]c(=O)[nH]c4cc3CCN2C)c1. The molecule has 0 spiro atoms. The lowest BCUT2D eigenvalue weighted by Gasteiger charge is -2.35. The van der Waals surface area contributed by atoms with Crippen LogP contribution >= 0.6 is 0 Å². The van der Waals surface area contributed by atoms with E-state index in [9.17, 15) is 4.79 Å². The Kier molecular flexibility index (Phi) is 4.20. The van der Waals surface area contributed by atoms with Crippen molar-refractivity contribution >= 4 is 11.0 Å². The lowest BCUT2D eigenvalue weighted by Crippen LogP contribution is -2.33. The fourth-order valence-corrected chi connectivity index (χ4v) is 3.88. The Bertz CT molecular complexity index is 1010. The van der Waals surface area contributed by atoms with Crippen LogP contribution in [0.4, 0.5) is 0 Å². The molecule has 4 rings (SSSR count). The first-order valence-corrected chi connectivity index (χ1v) is 8.75. The zero-order valence-electron chi connectivity index (χ0n) is 15.3. The van der Waals surface area contributed by atoms with Crippen molar-refractivity contribution < 1.29 is 9.47 Å². The van der Waals surface area contributed by atoms with Crippen LogP contribution in [0.5, 0.6) is 11.5 Å². The molecule has 0 radical (unpaired) electrons. The highest BCUT2D eigenvalue weighted by molar-refractivity contribution is 5.77. The van der Waals surface area contributed by atoms with E-state index in [1.165, 1.54) is 11.1 Å². The van der Waals surface area contributed by atoms with Gasteiger partial charge in [0.15, 0.2) is 0 Å². The van der Waals surface area contributed by atoms with Crippen LogP contribution in [0.15, 0.2) is 35.1 Å². The maximum absolute atomic E-state index is 11.6. The highest BCUT2D eigenvalue weighted by Gasteiger charge is 2.27. The van der Waals surface area contributed by atoms with Gasteiger partial charge in [0.25, 0.3) is 0 Å². The minimum Gasteiger partial charge on any atom is -0.497 e. The largest absolute Gasteiger partial charge is 0.497 e. The number of aromatic amines is 2. The number of fused-ring (bicyclic) bond motifs is 2. The van der Waals surface area contributed by atoms with Gasteiger partial charge in [-0.1, -0.05) is 0 Å². The molecule has 0 amide bonds.